The van der Waals surface area contributed by atoms with Crippen LogP contribution < -0.4 is 10.1 Å². The molecule has 0 aliphatic heterocycles. The van der Waals surface area contributed by atoms with Gasteiger partial charge in [-0.15, -0.1) is 0 Å². The SMILES string of the molecule is COc1ccc(C(=O)Nc2ccc(I)cc2)cc1S(=O)(=O)N(C)C. The third kappa shape index (κ3) is 4.05. The summed E-state index contributed by atoms with van der Waals surface area (Å²) in [6, 6.07) is 11.6. The van der Waals surface area contributed by atoms with Gasteiger partial charge < -0.3 is 10.1 Å². The Labute approximate surface area is 155 Å². The molecule has 0 spiro atoms. The van der Waals surface area contributed by atoms with E-state index in [0.29, 0.717) is 5.69 Å². The van der Waals surface area contributed by atoms with Crippen molar-refractivity contribution >= 4 is 44.2 Å². The van der Waals surface area contributed by atoms with E-state index in [0.717, 1.165) is 7.88 Å². The number of methoxy groups -OCH3 is 1. The van der Waals surface area contributed by atoms with Crippen LogP contribution in [0, 0.1) is 3.57 Å². The van der Waals surface area contributed by atoms with Gasteiger partial charge in [0.1, 0.15) is 10.6 Å². The van der Waals surface area contributed by atoms with Crippen molar-refractivity contribution in [1.82, 2.24) is 4.31 Å². The van der Waals surface area contributed by atoms with Gasteiger partial charge in [-0.1, -0.05) is 0 Å². The van der Waals surface area contributed by atoms with E-state index in [1.165, 1.54) is 39.4 Å². The predicted molar refractivity (Wildman–Crippen MR) is 101 cm³/mol. The molecule has 0 bridgehead atoms. The molecule has 0 aromatic heterocycles. The molecule has 2 rings (SSSR count). The number of benzene rings is 2. The van der Waals surface area contributed by atoms with Gasteiger partial charge in [0.25, 0.3) is 5.91 Å². The van der Waals surface area contributed by atoms with Crippen LogP contribution in [-0.4, -0.2) is 39.8 Å². The van der Waals surface area contributed by atoms with E-state index in [-0.39, 0.29) is 16.2 Å². The Morgan fingerprint density at radius 1 is 1.12 bits per heavy atom. The van der Waals surface area contributed by atoms with E-state index in [1.807, 2.05) is 12.1 Å². The number of nitrogens with one attached hydrogen (secondary N) is 1. The maximum Gasteiger partial charge on any atom is 0.255 e. The summed E-state index contributed by atoms with van der Waals surface area (Å²) in [4.78, 5) is 12.3. The summed E-state index contributed by atoms with van der Waals surface area (Å²) in [6.45, 7) is 0. The van der Waals surface area contributed by atoms with Crippen molar-refractivity contribution in [3.8, 4) is 5.75 Å². The molecular weight excluding hydrogens is 443 g/mol. The molecule has 1 N–H and O–H groups in total. The minimum absolute atomic E-state index is 0.0507. The lowest BCUT2D eigenvalue weighted by Crippen LogP contribution is -2.23. The number of anilines is 1. The molecule has 0 fully saturated rings. The lowest BCUT2D eigenvalue weighted by Gasteiger charge is -2.15. The highest BCUT2D eigenvalue weighted by atomic mass is 127. The number of amides is 1. The minimum Gasteiger partial charge on any atom is -0.495 e. The van der Waals surface area contributed by atoms with Gasteiger partial charge in [-0.05, 0) is 65.1 Å². The molecule has 0 heterocycles. The maximum atomic E-state index is 12.4. The zero-order valence-corrected chi connectivity index (χ0v) is 16.4. The van der Waals surface area contributed by atoms with E-state index < -0.39 is 15.9 Å². The van der Waals surface area contributed by atoms with Gasteiger partial charge in [-0.2, -0.15) is 0 Å². The van der Waals surface area contributed by atoms with Crippen molar-refractivity contribution < 1.29 is 17.9 Å². The Bertz CT molecular complexity index is 849. The summed E-state index contributed by atoms with van der Waals surface area (Å²) in [5.41, 5.74) is 0.864. The number of rotatable bonds is 5. The molecule has 0 radical (unpaired) electrons. The van der Waals surface area contributed by atoms with Gasteiger partial charge in [0.2, 0.25) is 10.0 Å². The first-order valence-corrected chi connectivity index (χ1v) is 9.45. The van der Waals surface area contributed by atoms with Crippen LogP contribution >= 0.6 is 22.6 Å². The first-order chi connectivity index (χ1) is 11.3. The fourth-order valence-electron chi connectivity index (χ4n) is 1.95. The van der Waals surface area contributed by atoms with Crippen LogP contribution in [0.1, 0.15) is 10.4 Å². The van der Waals surface area contributed by atoms with Crippen molar-refractivity contribution in [2.45, 2.75) is 4.90 Å². The van der Waals surface area contributed by atoms with Crippen molar-refractivity contribution in [2.75, 3.05) is 26.5 Å². The fraction of sp³-hybridized carbons (Fsp3) is 0.188. The smallest absolute Gasteiger partial charge is 0.255 e. The van der Waals surface area contributed by atoms with Gasteiger partial charge in [0, 0.05) is 28.9 Å². The molecule has 0 aliphatic carbocycles. The molecule has 0 unspecified atom stereocenters. The summed E-state index contributed by atoms with van der Waals surface area (Å²) in [7, 11) is 0.505. The van der Waals surface area contributed by atoms with E-state index >= 15 is 0 Å². The van der Waals surface area contributed by atoms with Gasteiger partial charge in [-0.3, -0.25) is 4.79 Å². The number of carbonyl (C=O) groups is 1. The Balaban J connectivity index is 2.37. The van der Waals surface area contributed by atoms with Crippen LogP contribution in [0.4, 0.5) is 5.69 Å². The monoisotopic (exact) mass is 460 g/mol. The van der Waals surface area contributed by atoms with Gasteiger partial charge in [-0.25, -0.2) is 12.7 Å². The first-order valence-electron chi connectivity index (χ1n) is 6.93. The second kappa shape index (κ2) is 7.49. The normalized spacial score (nSPS) is 11.4. The average molecular weight is 460 g/mol. The standard InChI is InChI=1S/C16H17IN2O4S/c1-19(2)24(21,22)15-10-11(4-9-14(15)23-3)16(20)18-13-7-5-12(17)6-8-13/h4-10H,1-3H3,(H,18,20). The van der Waals surface area contributed by atoms with Gasteiger partial charge in [0.15, 0.2) is 0 Å². The summed E-state index contributed by atoms with van der Waals surface area (Å²) < 4.78 is 32.0. The zero-order valence-electron chi connectivity index (χ0n) is 13.4. The molecule has 1 amide bonds. The summed E-state index contributed by atoms with van der Waals surface area (Å²) in [5, 5.41) is 2.74. The van der Waals surface area contributed by atoms with Crippen LogP contribution in [0.2, 0.25) is 0 Å². The highest BCUT2D eigenvalue weighted by molar-refractivity contribution is 14.1. The number of hydrogen-bond donors (Lipinski definition) is 1. The minimum atomic E-state index is -3.73. The molecule has 0 saturated heterocycles. The molecule has 2 aromatic rings. The molecule has 2 aromatic carbocycles. The van der Waals surface area contributed by atoms with Gasteiger partial charge >= 0.3 is 0 Å². The van der Waals surface area contributed by atoms with Crippen molar-refractivity contribution in [1.29, 1.82) is 0 Å². The number of hydrogen-bond acceptors (Lipinski definition) is 4. The lowest BCUT2D eigenvalue weighted by atomic mass is 10.2. The number of halogens is 1. The molecular formula is C16H17IN2O4S. The second-order valence-electron chi connectivity index (χ2n) is 5.11. The number of ether oxygens (including phenoxy) is 1. The number of carbonyl (C=O) groups excluding carboxylic acids is 1. The Morgan fingerprint density at radius 3 is 2.29 bits per heavy atom. The predicted octanol–water partition coefficient (Wildman–Crippen LogP) is 2.80. The molecule has 0 saturated carbocycles. The Hall–Kier alpha value is -1.65. The van der Waals surface area contributed by atoms with Crippen LogP contribution in [0.5, 0.6) is 5.75 Å². The highest BCUT2D eigenvalue weighted by Gasteiger charge is 2.23. The number of nitrogens with zero attached hydrogens (tertiary/aromatic N) is 1. The Morgan fingerprint density at radius 2 is 1.75 bits per heavy atom. The van der Waals surface area contributed by atoms with Crippen molar-refractivity contribution in [2.24, 2.45) is 0 Å². The average Bonchev–Trinajstić information content (AvgIpc) is 2.56. The van der Waals surface area contributed by atoms with E-state index in [1.54, 1.807) is 12.1 Å². The molecule has 0 aliphatic rings. The quantitative estimate of drug-likeness (QED) is 0.697. The summed E-state index contributed by atoms with van der Waals surface area (Å²) in [6.07, 6.45) is 0. The second-order valence-corrected chi connectivity index (χ2v) is 8.48. The van der Waals surface area contributed by atoms with Gasteiger partial charge in [0.05, 0.1) is 7.11 Å². The van der Waals surface area contributed by atoms with Crippen molar-refractivity contribution in [3.63, 3.8) is 0 Å². The Kier molecular flexibility index (Phi) is 5.83. The van der Waals surface area contributed by atoms with Crippen LogP contribution in [0.15, 0.2) is 47.4 Å². The highest BCUT2D eigenvalue weighted by Crippen LogP contribution is 2.27. The van der Waals surface area contributed by atoms with Crippen LogP contribution in [0.3, 0.4) is 0 Å². The molecule has 128 valence electrons. The molecule has 0 atom stereocenters. The topological polar surface area (TPSA) is 75.7 Å². The van der Waals surface area contributed by atoms with E-state index in [9.17, 15) is 13.2 Å². The summed E-state index contributed by atoms with van der Waals surface area (Å²) >= 11 is 2.17. The molecule has 24 heavy (non-hydrogen) atoms. The third-order valence-corrected chi connectivity index (χ3v) is 5.84. The molecule has 6 nitrogen and oxygen atoms in total. The zero-order chi connectivity index (χ0) is 17.9. The first kappa shape index (κ1) is 18.7. The number of sulfonamides is 1. The summed E-state index contributed by atoms with van der Waals surface area (Å²) in [5.74, 6) is -0.205. The van der Waals surface area contributed by atoms with E-state index in [2.05, 4.69) is 27.9 Å². The largest absolute Gasteiger partial charge is 0.495 e. The van der Waals surface area contributed by atoms with Crippen molar-refractivity contribution in [3.05, 3.63) is 51.6 Å². The molecule has 8 heteroatoms. The van der Waals surface area contributed by atoms with E-state index in [4.69, 9.17) is 4.74 Å². The van der Waals surface area contributed by atoms with Crippen LogP contribution in [-0.2, 0) is 10.0 Å². The van der Waals surface area contributed by atoms with Crippen LogP contribution in [0.25, 0.3) is 0 Å². The fourth-order valence-corrected chi connectivity index (χ4v) is 3.39. The maximum absolute atomic E-state index is 12.4. The lowest BCUT2D eigenvalue weighted by molar-refractivity contribution is 0.102. The third-order valence-electron chi connectivity index (χ3n) is 3.29.